The van der Waals surface area contributed by atoms with Crippen LogP contribution in [0.1, 0.15) is 53.9 Å². The highest BCUT2D eigenvalue weighted by atomic mass is 16.5. The van der Waals surface area contributed by atoms with Gasteiger partial charge < -0.3 is 9.84 Å². The molecule has 0 saturated carbocycles. The molecule has 0 bridgehead atoms. The highest BCUT2D eigenvalue weighted by molar-refractivity contribution is 5.96. The summed E-state index contributed by atoms with van der Waals surface area (Å²) in [5.74, 6) is -1.65. The number of allylic oxidation sites excluding steroid dienone is 7. The van der Waals surface area contributed by atoms with Gasteiger partial charge in [0.2, 0.25) is 0 Å². The first-order valence-electron chi connectivity index (χ1n) is 8.85. The molecule has 0 spiro atoms. The first-order valence-corrected chi connectivity index (χ1v) is 8.85. The number of aliphatic carboxylic acids is 1. The number of carbonyl (C=O) groups excluding carboxylic acids is 1. The van der Waals surface area contributed by atoms with E-state index in [1.165, 1.54) is 31.1 Å². The first-order chi connectivity index (χ1) is 12.1. The maximum atomic E-state index is 11.9. The van der Waals surface area contributed by atoms with Crippen molar-refractivity contribution in [3.8, 4) is 0 Å². The van der Waals surface area contributed by atoms with Crippen LogP contribution in [0.2, 0.25) is 0 Å². The Morgan fingerprint density at radius 1 is 1.19 bits per heavy atom. The number of ether oxygens (including phenoxy) is 1. The van der Waals surface area contributed by atoms with Crippen LogP contribution in [0.25, 0.3) is 0 Å². The van der Waals surface area contributed by atoms with Gasteiger partial charge in [-0.2, -0.15) is 0 Å². The summed E-state index contributed by atoms with van der Waals surface area (Å²) < 4.78 is 4.75. The van der Waals surface area contributed by atoms with Crippen LogP contribution in [0.15, 0.2) is 58.2 Å². The molecule has 4 nitrogen and oxygen atoms in total. The average Bonchev–Trinajstić information content (AvgIpc) is 2.52. The van der Waals surface area contributed by atoms with E-state index in [9.17, 15) is 9.59 Å². The Balaban J connectivity index is 3.11. The second-order valence-electron chi connectivity index (χ2n) is 7.41. The summed E-state index contributed by atoms with van der Waals surface area (Å²) in [7, 11) is 1.28. The summed E-state index contributed by atoms with van der Waals surface area (Å²) in [5.41, 5.74) is 4.52. The smallest absolute Gasteiger partial charge is 0.338 e. The first kappa shape index (κ1) is 21.7. The Bertz CT molecular complexity index is 712. The number of carbonyl (C=O) groups is 2. The Morgan fingerprint density at radius 3 is 2.38 bits per heavy atom. The van der Waals surface area contributed by atoms with E-state index in [0.717, 1.165) is 18.1 Å². The van der Waals surface area contributed by atoms with Crippen molar-refractivity contribution in [3.05, 3.63) is 58.2 Å². The number of carboxylic acids is 1. The SMILES string of the molecule is COC(=O)C(=C\C=C(C)\C=C\C1=C(C)CCCC1(C)C)/C(C)=C/C(=O)O. The number of hydrogen-bond donors (Lipinski definition) is 1. The molecular formula is C22H30O4. The predicted molar refractivity (Wildman–Crippen MR) is 105 cm³/mol. The van der Waals surface area contributed by atoms with E-state index in [1.807, 2.05) is 13.0 Å². The molecule has 0 aromatic heterocycles. The van der Waals surface area contributed by atoms with Crippen molar-refractivity contribution in [3.63, 3.8) is 0 Å². The summed E-state index contributed by atoms with van der Waals surface area (Å²) in [4.78, 5) is 22.7. The van der Waals surface area contributed by atoms with Crippen molar-refractivity contribution in [1.29, 1.82) is 0 Å². The third-order valence-corrected chi connectivity index (χ3v) is 4.74. The van der Waals surface area contributed by atoms with E-state index < -0.39 is 11.9 Å². The van der Waals surface area contributed by atoms with Crippen molar-refractivity contribution < 1.29 is 19.4 Å². The van der Waals surface area contributed by atoms with Gasteiger partial charge in [0.1, 0.15) is 0 Å². The van der Waals surface area contributed by atoms with E-state index in [4.69, 9.17) is 9.84 Å². The van der Waals surface area contributed by atoms with E-state index >= 15 is 0 Å². The molecule has 0 saturated heterocycles. The minimum atomic E-state index is -1.10. The van der Waals surface area contributed by atoms with Crippen LogP contribution in [-0.2, 0) is 14.3 Å². The fourth-order valence-electron chi connectivity index (χ4n) is 3.23. The van der Waals surface area contributed by atoms with Crippen molar-refractivity contribution in [2.24, 2.45) is 5.41 Å². The zero-order valence-electron chi connectivity index (χ0n) is 16.7. The Labute approximate surface area is 156 Å². The van der Waals surface area contributed by atoms with Gasteiger partial charge in [-0.1, -0.05) is 43.2 Å². The van der Waals surface area contributed by atoms with Crippen LogP contribution in [0, 0.1) is 5.41 Å². The number of methoxy groups -OCH3 is 1. The lowest BCUT2D eigenvalue weighted by Crippen LogP contribution is -2.19. The van der Waals surface area contributed by atoms with Gasteiger partial charge in [0, 0.05) is 6.08 Å². The second-order valence-corrected chi connectivity index (χ2v) is 7.41. The summed E-state index contributed by atoms with van der Waals surface area (Å²) in [6.07, 6.45) is 12.1. The highest BCUT2D eigenvalue weighted by Crippen LogP contribution is 2.40. The molecule has 142 valence electrons. The zero-order valence-corrected chi connectivity index (χ0v) is 16.7. The molecule has 4 heteroatoms. The van der Waals surface area contributed by atoms with Crippen LogP contribution >= 0.6 is 0 Å². The van der Waals surface area contributed by atoms with Gasteiger partial charge >= 0.3 is 11.9 Å². The molecule has 0 fully saturated rings. The number of carboxylic acid groups (broad SMARTS) is 1. The van der Waals surface area contributed by atoms with E-state index in [0.29, 0.717) is 5.57 Å². The highest BCUT2D eigenvalue weighted by Gasteiger charge is 2.26. The predicted octanol–water partition coefficient (Wildman–Crippen LogP) is 5.15. The minimum Gasteiger partial charge on any atom is -0.478 e. The Hall–Kier alpha value is -2.36. The third-order valence-electron chi connectivity index (χ3n) is 4.74. The molecule has 0 heterocycles. The zero-order chi connectivity index (χ0) is 19.9. The number of esters is 1. The fourth-order valence-corrected chi connectivity index (χ4v) is 3.23. The Morgan fingerprint density at radius 2 is 1.85 bits per heavy atom. The van der Waals surface area contributed by atoms with Crippen LogP contribution in [0.3, 0.4) is 0 Å². The lowest BCUT2D eigenvalue weighted by molar-refractivity contribution is -0.135. The molecular weight excluding hydrogens is 328 g/mol. The normalized spacial score (nSPS) is 19.1. The fraction of sp³-hybridized carbons (Fsp3) is 0.455. The van der Waals surface area contributed by atoms with Crippen LogP contribution in [-0.4, -0.2) is 24.2 Å². The lowest BCUT2D eigenvalue weighted by Gasteiger charge is -2.32. The van der Waals surface area contributed by atoms with Gasteiger partial charge in [-0.3, -0.25) is 0 Å². The average molecular weight is 358 g/mol. The van der Waals surface area contributed by atoms with Crippen molar-refractivity contribution in [2.75, 3.05) is 7.11 Å². The summed E-state index contributed by atoms with van der Waals surface area (Å²) >= 11 is 0. The quantitative estimate of drug-likeness (QED) is 0.405. The van der Waals surface area contributed by atoms with Gasteiger partial charge in [0.15, 0.2) is 0 Å². The topological polar surface area (TPSA) is 63.6 Å². The van der Waals surface area contributed by atoms with Gasteiger partial charge in [-0.25, -0.2) is 9.59 Å². The molecule has 0 unspecified atom stereocenters. The summed E-state index contributed by atoms with van der Waals surface area (Å²) in [6, 6.07) is 0. The summed E-state index contributed by atoms with van der Waals surface area (Å²) in [6.45, 7) is 10.3. The summed E-state index contributed by atoms with van der Waals surface area (Å²) in [5, 5.41) is 8.88. The molecule has 1 N–H and O–H groups in total. The molecule has 1 aliphatic carbocycles. The molecule has 1 aliphatic rings. The molecule has 0 aromatic rings. The lowest BCUT2D eigenvalue weighted by atomic mass is 9.72. The third kappa shape index (κ3) is 6.17. The maximum Gasteiger partial charge on any atom is 0.338 e. The molecule has 0 aliphatic heterocycles. The van der Waals surface area contributed by atoms with Crippen LogP contribution < -0.4 is 0 Å². The molecule has 26 heavy (non-hydrogen) atoms. The standard InChI is InChI=1S/C22H30O4/c1-15(10-12-19-16(2)8-7-13-22(19,4)5)9-11-18(21(25)26-6)17(3)14-20(23)24/h9-12,14H,7-8,13H2,1-6H3,(H,23,24)/b12-10+,15-9+,17-14+,18-11-. The second kappa shape index (κ2) is 9.37. The molecule has 0 aromatic carbocycles. The maximum absolute atomic E-state index is 11.9. The number of hydrogen-bond acceptors (Lipinski definition) is 3. The van der Waals surface area contributed by atoms with Crippen molar-refractivity contribution >= 4 is 11.9 Å². The van der Waals surface area contributed by atoms with Gasteiger partial charge in [-0.15, -0.1) is 0 Å². The van der Waals surface area contributed by atoms with Crippen molar-refractivity contribution in [1.82, 2.24) is 0 Å². The molecule has 0 atom stereocenters. The van der Waals surface area contributed by atoms with Gasteiger partial charge in [0.05, 0.1) is 12.7 Å². The van der Waals surface area contributed by atoms with E-state index in [-0.39, 0.29) is 11.0 Å². The van der Waals surface area contributed by atoms with Gasteiger partial charge in [0.25, 0.3) is 0 Å². The van der Waals surface area contributed by atoms with Gasteiger partial charge in [-0.05, 0) is 62.7 Å². The molecule has 0 radical (unpaired) electrons. The monoisotopic (exact) mass is 358 g/mol. The van der Waals surface area contributed by atoms with E-state index in [1.54, 1.807) is 19.1 Å². The van der Waals surface area contributed by atoms with Crippen molar-refractivity contribution in [2.45, 2.75) is 53.9 Å². The molecule has 0 amide bonds. The van der Waals surface area contributed by atoms with Crippen LogP contribution in [0.5, 0.6) is 0 Å². The molecule has 1 rings (SSSR count). The largest absolute Gasteiger partial charge is 0.478 e. The Kier molecular flexibility index (Phi) is 7.81. The van der Waals surface area contributed by atoms with Crippen LogP contribution in [0.4, 0.5) is 0 Å². The van der Waals surface area contributed by atoms with E-state index in [2.05, 4.69) is 26.8 Å². The minimum absolute atomic E-state index is 0.174. The number of rotatable bonds is 6.